The number of carbonyl (C=O) groups is 2. The lowest BCUT2D eigenvalue weighted by Gasteiger charge is -2.39. The molecule has 6 unspecified atom stereocenters. The van der Waals surface area contributed by atoms with Crippen molar-refractivity contribution in [1.82, 2.24) is 0 Å². The Morgan fingerprint density at radius 3 is 1.68 bits per heavy atom. The normalized spacial score (nSPS) is 21.4. The molecule has 1 rings (SSSR count). The highest BCUT2D eigenvalue weighted by Crippen LogP contribution is 2.22. The van der Waals surface area contributed by atoms with Crippen molar-refractivity contribution in [2.45, 2.75) is 192 Å². The molecule has 0 aliphatic carbocycles. The van der Waals surface area contributed by atoms with Gasteiger partial charge in [0.05, 0.1) is 13.2 Å². The fourth-order valence-corrected chi connectivity index (χ4v) is 5.94. The second-order valence-corrected chi connectivity index (χ2v) is 14.1. The first-order chi connectivity index (χ1) is 25.8. The van der Waals surface area contributed by atoms with Gasteiger partial charge in [0.1, 0.15) is 31.0 Å². The van der Waals surface area contributed by atoms with Crippen LogP contribution in [0.2, 0.25) is 0 Å². The van der Waals surface area contributed by atoms with Gasteiger partial charge in [0.15, 0.2) is 12.4 Å². The van der Waals surface area contributed by atoms with Gasteiger partial charge in [0.25, 0.3) is 0 Å². The molecule has 10 nitrogen and oxygen atoms in total. The van der Waals surface area contributed by atoms with Crippen LogP contribution in [0.5, 0.6) is 0 Å². The molecule has 10 heteroatoms. The largest absolute Gasteiger partial charge is 0.462 e. The van der Waals surface area contributed by atoms with Crippen LogP contribution in [0.25, 0.3) is 0 Å². The number of esters is 2. The van der Waals surface area contributed by atoms with E-state index in [0.717, 1.165) is 57.8 Å². The van der Waals surface area contributed by atoms with Crippen LogP contribution in [0, 0.1) is 0 Å². The molecule has 1 saturated heterocycles. The van der Waals surface area contributed by atoms with Crippen molar-refractivity contribution >= 4 is 11.9 Å². The zero-order chi connectivity index (χ0) is 38.8. The lowest BCUT2D eigenvalue weighted by Crippen LogP contribution is -2.59. The van der Waals surface area contributed by atoms with E-state index in [-0.39, 0.29) is 32.0 Å². The molecule has 6 atom stereocenters. The summed E-state index contributed by atoms with van der Waals surface area (Å²) in [6.45, 7) is 3.25. The van der Waals surface area contributed by atoms with Gasteiger partial charge in [-0.25, -0.2) is 0 Å². The first-order valence-electron chi connectivity index (χ1n) is 20.7. The molecule has 1 heterocycles. The first kappa shape index (κ1) is 48.7. The van der Waals surface area contributed by atoms with E-state index >= 15 is 0 Å². The number of rotatable bonds is 33. The number of unbranched alkanes of at least 4 members (excludes halogenated alkanes) is 14. The van der Waals surface area contributed by atoms with E-state index in [4.69, 9.17) is 18.9 Å². The van der Waals surface area contributed by atoms with Crippen LogP contribution in [0.4, 0.5) is 0 Å². The van der Waals surface area contributed by atoms with Crippen LogP contribution >= 0.6 is 0 Å². The Bertz CT molecular complexity index is 1010. The Balaban J connectivity index is 2.41. The van der Waals surface area contributed by atoms with Crippen LogP contribution in [-0.4, -0.2) is 89.0 Å². The van der Waals surface area contributed by atoms with Gasteiger partial charge in [0.2, 0.25) is 0 Å². The summed E-state index contributed by atoms with van der Waals surface area (Å²) in [5.74, 6) is -0.856. The Hall–Kier alpha value is -2.34. The van der Waals surface area contributed by atoms with E-state index in [9.17, 15) is 30.0 Å². The SMILES string of the molecule is CC/C=C\C/C=C\C/C=C\C/C=C\CCCCC(=O)OC(COC(=O)CCCCCCCCCCCCCCC)COC1OC(CO)C(O)C(O)C1O. The van der Waals surface area contributed by atoms with Crippen LogP contribution in [0.1, 0.15) is 155 Å². The summed E-state index contributed by atoms with van der Waals surface area (Å²) < 4.78 is 22.1. The molecule has 4 N–H and O–H groups in total. The molecule has 1 aliphatic rings. The van der Waals surface area contributed by atoms with Crippen molar-refractivity contribution in [3.05, 3.63) is 48.6 Å². The fourth-order valence-electron chi connectivity index (χ4n) is 5.94. The fraction of sp³-hybridized carbons (Fsp3) is 0.767. The maximum atomic E-state index is 12.7. The Kier molecular flexibility index (Phi) is 31.4. The molecule has 0 saturated carbocycles. The number of aliphatic hydroxyl groups is 4. The molecule has 53 heavy (non-hydrogen) atoms. The number of hydrogen-bond donors (Lipinski definition) is 4. The van der Waals surface area contributed by atoms with Crippen molar-refractivity contribution in [1.29, 1.82) is 0 Å². The van der Waals surface area contributed by atoms with Gasteiger partial charge in [-0.3, -0.25) is 9.59 Å². The second kappa shape index (κ2) is 34.2. The lowest BCUT2D eigenvalue weighted by molar-refractivity contribution is -0.305. The zero-order valence-corrected chi connectivity index (χ0v) is 33.0. The lowest BCUT2D eigenvalue weighted by atomic mass is 9.99. The van der Waals surface area contributed by atoms with Crippen molar-refractivity contribution in [2.75, 3.05) is 19.8 Å². The van der Waals surface area contributed by atoms with Gasteiger partial charge in [-0.15, -0.1) is 0 Å². The molecule has 0 spiro atoms. The van der Waals surface area contributed by atoms with Crippen molar-refractivity contribution < 1.29 is 49.0 Å². The molecular formula is C43H74O10. The monoisotopic (exact) mass is 751 g/mol. The third-order valence-electron chi connectivity index (χ3n) is 9.23. The maximum absolute atomic E-state index is 12.7. The van der Waals surface area contributed by atoms with Crippen molar-refractivity contribution in [3.63, 3.8) is 0 Å². The highest BCUT2D eigenvalue weighted by molar-refractivity contribution is 5.70. The van der Waals surface area contributed by atoms with Gasteiger partial charge in [0, 0.05) is 12.8 Å². The van der Waals surface area contributed by atoms with E-state index in [1.165, 1.54) is 64.2 Å². The van der Waals surface area contributed by atoms with Gasteiger partial charge in [-0.05, 0) is 51.4 Å². The Morgan fingerprint density at radius 2 is 1.11 bits per heavy atom. The molecule has 1 aliphatic heterocycles. The third-order valence-corrected chi connectivity index (χ3v) is 9.23. The molecule has 0 aromatic rings. The van der Waals surface area contributed by atoms with Crippen LogP contribution < -0.4 is 0 Å². The third kappa shape index (κ3) is 26.2. The quantitative estimate of drug-likeness (QED) is 0.0294. The molecule has 0 aromatic heterocycles. The van der Waals surface area contributed by atoms with Crippen LogP contribution in [-0.2, 0) is 28.5 Å². The summed E-state index contributed by atoms with van der Waals surface area (Å²) in [6.07, 6.45) is 31.2. The van der Waals surface area contributed by atoms with E-state index in [0.29, 0.717) is 6.42 Å². The van der Waals surface area contributed by atoms with E-state index in [2.05, 4.69) is 62.5 Å². The Labute approximate surface area is 320 Å². The van der Waals surface area contributed by atoms with Gasteiger partial charge in [-0.1, -0.05) is 140 Å². The van der Waals surface area contributed by atoms with Gasteiger partial charge in [-0.2, -0.15) is 0 Å². The minimum absolute atomic E-state index is 0.178. The molecule has 0 radical (unpaired) electrons. The molecule has 0 aromatic carbocycles. The summed E-state index contributed by atoms with van der Waals surface area (Å²) in [5.41, 5.74) is 0. The molecule has 1 fully saturated rings. The molecular weight excluding hydrogens is 676 g/mol. The van der Waals surface area contributed by atoms with E-state index in [1.807, 2.05) is 0 Å². The standard InChI is InChI=1S/C43H74O10/c1-3-5-7-9-11-13-15-17-18-20-22-24-26-28-30-32-39(46)52-36(35-51-43-42(49)41(48)40(47)37(33-44)53-43)34-50-38(45)31-29-27-25-23-21-19-16-14-12-10-8-6-4-2/h5,7,11,13,17-18,22,24,36-37,40-44,47-49H,3-4,6,8-10,12,14-16,19-21,23,25-35H2,1-2H3/b7-5-,13-11-,18-17-,24-22-. The van der Waals surface area contributed by atoms with Crippen molar-refractivity contribution in [2.24, 2.45) is 0 Å². The number of hydrogen-bond acceptors (Lipinski definition) is 10. The van der Waals surface area contributed by atoms with E-state index < -0.39 is 49.4 Å². The summed E-state index contributed by atoms with van der Waals surface area (Å²) in [5, 5.41) is 40.0. The number of allylic oxidation sites excluding steroid dienone is 8. The second-order valence-electron chi connectivity index (χ2n) is 14.1. The van der Waals surface area contributed by atoms with E-state index in [1.54, 1.807) is 0 Å². The van der Waals surface area contributed by atoms with Crippen LogP contribution in [0.15, 0.2) is 48.6 Å². The topological polar surface area (TPSA) is 152 Å². The first-order valence-corrected chi connectivity index (χ1v) is 20.7. The highest BCUT2D eigenvalue weighted by atomic mass is 16.7. The van der Waals surface area contributed by atoms with Gasteiger partial charge < -0.3 is 39.4 Å². The van der Waals surface area contributed by atoms with Crippen LogP contribution in [0.3, 0.4) is 0 Å². The predicted octanol–water partition coefficient (Wildman–Crippen LogP) is 8.10. The molecule has 0 bridgehead atoms. The zero-order valence-electron chi connectivity index (χ0n) is 33.0. The minimum Gasteiger partial charge on any atom is -0.462 e. The molecule has 306 valence electrons. The summed E-state index contributed by atoms with van der Waals surface area (Å²) in [7, 11) is 0. The number of carbonyl (C=O) groups excluding carboxylic acids is 2. The smallest absolute Gasteiger partial charge is 0.306 e. The minimum atomic E-state index is -1.60. The summed E-state index contributed by atoms with van der Waals surface area (Å²) in [4.78, 5) is 25.2. The maximum Gasteiger partial charge on any atom is 0.306 e. The predicted molar refractivity (Wildman–Crippen MR) is 210 cm³/mol. The molecule has 0 amide bonds. The number of ether oxygens (including phenoxy) is 4. The van der Waals surface area contributed by atoms with Gasteiger partial charge >= 0.3 is 11.9 Å². The highest BCUT2D eigenvalue weighted by Gasteiger charge is 2.44. The average Bonchev–Trinajstić information content (AvgIpc) is 3.15. The summed E-state index contributed by atoms with van der Waals surface area (Å²) >= 11 is 0. The number of aliphatic hydroxyl groups excluding tert-OH is 4. The average molecular weight is 751 g/mol. The van der Waals surface area contributed by atoms with Crippen molar-refractivity contribution in [3.8, 4) is 0 Å². The Morgan fingerprint density at radius 1 is 0.604 bits per heavy atom. The summed E-state index contributed by atoms with van der Waals surface area (Å²) in [6, 6.07) is 0.